The summed E-state index contributed by atoms with van der Waals surface area (Å²) >= 11 is 1.37. The molecule has 0 aliphatic rings. The van der Waals surface area contributed by atoms with Crippen molar-refractivity contribution >= 4 is 21.6 Å². The van der Waals surface area contributed by atoms with E-state index in [2.05, 4.69) is 21.6 Å². The molecule has 0 radical (unpaired) electrons. The summed E-state index contributed by atoms with van der Waals surface area (Å²) in [5.41, 5.74) is 9.16. The lowest BCUT2D eigenvalue weighted by molar-refractivity contribution is 0.0808. The summed E-state index contributed by atoms with van der Waals surface area (Å²) in [5.74, 6) is 0. The zero-order chi connectivity index (χ0) is 17.9. The van der Waals surface area contributed by atoms with Crippen molar-refractivity contribution in [2.75, 3.05) is 0 Å². The van der Waals surface area contributed by atoms with Crippen LogP contribution < -0.4 is 0 Å². The van der Waals surface area contributed by atoms with Crippen molar-refractivity contribution in [2.24, 2.45) is 5.11 Å². The normalized spacial score (nSPS) is 12.8. The third-order valence-electron chi connectivity index (χ3n) is 3.79. The van der Waals surface area contributed by atoms with Crippen LogP contribution in [-0.4, -0.2) is 10.1 Å². The van der Waals surface area contributed by atoms with Gasteiger partial charge < -0.3 is 5.11 Å². The molecule has 122 valence electrons. The predicted molar refractivity (Wildman–Crippen MR) is 96.7 cm³/mol. The summed E-state index contributed by atoms with van der Waals surface area (Å²) in [7, 11) is 0. The van der Waals surface area contributed by atoms with E-state index in [4.69, 9.17) is 10.8 Å². The largest absolute Gasteiger partial charge is 0.378 e. The van der Waals surface area contributed by atoms with Gasteiger partial charge in [0.15, 0.2) is 0 Å². The van der Waals surface area contributed by atoms with Crippen LogP contribution in [0, 0.1) is 11.3 Å². The summed E-state index contributed by atoms with van der Waals surface area (Å²) in [6, 6.07) is 16.2. The van der Waals surface area contributed by atoms with Gasteiger partial charge in [-0.3, -0.25) is 0 Å². The molecule has 25 heavy (non-hydrogen) atoms. The SMILES string of the molecule is C=C(CC(O)(c1ccc(C#N)cc1)c1nc2ccccc2s1)N=[N+]=[N-]. The molecule has 1 unspecified atom stereocenters. The van der Waals surface area contributed by atoms with E-state index in [1.54, 1.807) is 24.3 Å². The fourth-order valence-corrected chi connectivity index (χ4v) is 3.64. The first-order valence-corrected chi connectivity index (χ1v) is 8.20. The van der Waals surface area contributed by atoms with Crippen LogP contribution in [0.2, 0.25) is 0 Å². The van der Waals surface area contributed by atoms with Crippen molar-refractivity contribution in [2.45, 2.75) is 12.0 Å². The van der Waals surface area contributed by atoms with Crippen LogP contribution in [0.5, 0.6) is 0 Å². The van der Waals surface area contributed by atoms with E-state index in [-0.39, 0.29) is 12.1 Å². The van der Waals surface area contributed by atoms with Gasteiger partial charge in [0.25, 0.3) is 0 Å². The van der Waals surface area contributed by atoms with E-state index in [0.29, 0.717) is 16.1 Å². The number of hydrogen-bond acceptors (Lipinski definition) is 5. The Morgan fingerprint density at radius 2 is 2.04 bits per heavy atom. The number of para-hydroxylation sites is 1. The monoisotopic (exact) mass is 347 g/mol. The number of aliphatic hydroxyl groups is 1. The Kier molecular flexibility index (Phi) is 4.50. The molecule has 1 heterocycles. The van der Waals surface area contributed by atoms with Gasteiger partial charge >= 0.3 is 0 Å². The summed E-state index contributed by atoms with van der Waals surface area (Å²) in [5, 5.41) is 24.4. The lowest BCUT2D eigenvalue weighted by atomic mass is 9.89. The summed E-state index contributed by atoms with van der Waals surface area (Å²) in [6.07, 6.45) is 0.00276. The third kappa shape index (κ3) is 3.23. The fourth-order valence-electron chi connectivity index (χ4n) is 2.56. The Morgan fingerprint density at radius 3 is 2.68 bits per heavy atom. The van der Waals surface area contributed by atoms with E-state index < -0.39 is 5.60 Å². The molecule has 0 saturated heterocycles. The highest BCUT2D eigenvalue weighted by Gasteiger charge is 2.35. The maximum Gasteiger partial charge on any atom is 0.145 e. The highest BCUT2D eigenvalue weighted by molar-refractivity contribution is 7.18. The molecule has 0 aliphatic carbocycles. The first-order valence-electron chi connectivity index (χ1n) is 7.39. The van der Waals surface area contributed by atoms with Gasteiger partial charge in [-0.05, 0) is 35.4 Å². The van der Waals surface area contributed by atoms with Gasteiger partial charge in [0.1, 0.15) is 10.6 Å². The van der Waals surface area contributed by atoms with Crippen LogP contribution in [0.3, 0.4) is 0 Å². The molecular formula is C18H13N5OS. The second-order valence-corrected chi connectivity index (χ2v) is 6.50. The van der Waals surface area contributed by atoms with Gasteiger partial charge in [-0.25, -0.2) is 4.98 Å². The second-order valence-electron chi connectivity index (χ2n) is 5.47. The minimum atomic E-state index is -1.50. The molecule has 1 aromatic heterocycles. The fraction of sp³-hybridized carbons (Fsp3) is 0.111. The minimum absolute atomic E-state index is 0.00276. The van der Waals surface area contributed by atoms with Gasteiger partial charge in [0, 0.05) is 17.0 Å². The van der Waals surface area contributed by atoms with E-state index in [1.807, 2.05) is 30.3 Å². The van der Waals surface area contributed by atoms with Crippen LogP contribution in [-0.2, 0) is 5.60 Å². The number of aromatic nitrogens is 1. The number of nitriles is 1. The van der Waals surface area contributed by atoms with Crippen molar-refractivity contribution in [3.8, 4) is 6.07 Å². The average molecular weight is 347 g/mol. The number of rotatable bonds is 5. The van der Waals surface area contributed by atoms with Gasteiger partial charge in [0.05, 0.1) is 21.8 Å². The Morgan fingerprint density at radius 1 is 1.32 bits per heavy atom. The molecule has 3 rings (SSSR count). The van der Waals surface area contributed by atoms with Crippen molar-refractivity contribution in [3.63, 3.8) is 0 Å². The van der Waals surface area contributed by atoms with Crippen molar-refractivity contribution < 1.29 is 5.11 Å². The molecule has 0 fully saturated rings. The Labute approximate surface area is 147 Å². The quantitative estimate of drug-likeness (QED) is 0.413. The maximum atomic E-state index is 11.4. The molecule has 0 amide bonds. The van der Waals surface area contributed by atoms with Crippen LogP contribution in [0.15, 0.2) is 65.9 Å². The molecular weight excluding hydrogens is 334 g/mol. The molecule has 1 N–H and O–H groups in total. The molecule has 7 heteroatoms. The standard InChI is InChI=1S/C18H13N5OS/c1-12(22-23-20)10-18(24,14-8-6-13(11-19)7-9-14)17-21-15-4-2-3-5-16(15)25-17/h2-9,24H,1,10H2. The second kappa shape index (κ2) is 6.75. The molecule has 0 aliphatic heterocycles. The number of hydrogen-bond donors (Lipinski definition) is 1. The van der Waals surface area contributed by atoms with Crippen LogP contribution >= 0.6 is 11.3 Å². The maximum absolute atomic E-state index is 11.4. The van der Waals surface area contributed by atoms with Crippen molar-refractivity contribution in [1.29, 1.82) is 5.26 Å². The smallest absolute Gasteiger partial charge is 0.145 e. The molecule has 0 bridgehead atoms. The number of fused-ring (bicyclic) bond motifs is 1. The van der Waals surface area contributed by atoms with Crippen molar-refractivity contribution in [3.05, 3.63) is 87.4 Å². The van der Waals surface area contributed by atoms with E-state index in [1.165, 1.54) is 11.3 Å². The topological polar surface area (TPSA) is 106 Å². The van der Waals surface area contributed by atoms with Gasteiger partial charge in [-0.2, -0.15) is 5.26 Å². The zero-order valence-corrected chi connectivity index (χ0v) is 13.9. The Bertz CT molecular complexity index is 995. The van der Waals surface area contributed by atoms with Gasteiger partial charge in [0.2, 0.25) is 0 Å². The number of benzene rings is 2. The lowest BCUT2D eigenvalue weighted by Crippen LogP contribution is -2.27. The summed E-state index contributed by atoms with van der Waals surface area (Å²) in [6.45, 7) is 3.71. The summed E-state index contributed by atoms with van der Waals surface area (Å²) in [4.78, 5) is 7.28. The van der Waals surface area contributed by atoms with E-state index in [9.17, 15) is 5.11 Å². The molecule has 2 aromatic carbocycles. The predicted octanol–water partition coefficient (Wildman–Crippen LogP) is 4.62. The highest BCUT2D eigenvalue weighted by atomic mass is 32.1. The highest BCUT2D eigenvalue weighted by Crippen LogP contribution is 2.39. The van der Waals surface area contributed by atoms with Crippen LogP contribution in [0.25, 0.3) is 20.7 Å². The summed E-state index contributed by atoms with van der Waals surface area (Å²) < 4.78 is 0.943. The molecule has 6 nitrogen and oxygen atoms in total. The Balaban J connectivity index is 2.14. The molecule has 3 aromatic rings. The third-order valence-corrected chi connectivity index (χ3v) is 4.97. The van der Waals surface area contributed by atoms with Crippen LogP contribution in [0.4, 0.5) is 0 Å². The average Bonchev–Trinajstić information content (AvgIpc) is 3.06. The molecule has 0 spiro atoms. The van der Waals surface area contributed by atoms with Gasteiger partial charge in [-0.1, -0.05) is 36.0 Å². The number of thiazole rings is 1. The van der Waals surface area contributed by atoms with Crippen molar-refractivity contribution in [1.82, 2.24) is 4.98 Å². The number of azide groups is 1. The Hall–Kier alpha value is -3.17. The lowest BCUT2D eigenvalue weighted by Gasteiger charge is -2.26. The van der Waals surface area contributed by atoms with Gasteiger partial charge in [-0.15, -0.1) is 11.3 Å². The first kappa shape index (κ1) is 16.7. The van der Waals surface area contributed by atoms with Crippen LogP contribution in [0.1, 0.15) is 22.6 Å². The van der Waals surface area contributed by atoms with E-state index >= 15 is 0 Å². The zero-order valence-electron chi connectivity index (χ0n) is 13.1. The molecule has 1 atom stereocenters. The number of nitrogens with zero attached hydrogens (tertiary/aromatic N) is 5. The first-order chi connectivity index (χ1) is 12.1. The van der Waals surface area contributed by atoms with E-state index in [0.717, 1.165) is 10.2 Å². The minimum Gasteiger partial charge on any atom is -0.378 e. The molecule has 0 saturated carbocycles.